The van der Waals surface area contributed by atoms with Gasteiger partial charge in [0.05, 0.1) is 19.9 Å². The van der Waals surface area contributed by atoms with Crippen LogP contribution in [0.3, 0.4) is 0 Å². The quantitative estimate of drug-likeness (QED) is 0.856. The van der Waals surface area contributed by atoms with E-state index in [1.807, 2.05) is 0 Å². The van der Waals surface area contributed by atoms with Crippen LogP contribution in [-0.4, -0.2) is 28.0 Å². The summed E-state index contributed by atoms with van der Waals surface area (Å²) in [5.74, 6) is -2.76. The fourth-order valence-corrected chi connectivity index (χ4v) is 2.13. The molecule has 2 rings (SSSR count). The summed E-state index contributed by atoms with van der Waals surface area (Å²) in [5, 5.41) is 13.0. The standard InChI is InChI=1S/C14H11ClF2N2O3/c1-22-3-2-11-12(14(20)21)18-19(13(11)15)7-8-4-9(16)6-10(17)5-8/h2-6H,7H2,1H3,(H,20,21). The molecule has 0 fully saturated rings. The number of ether oxygens (including phenoxy) is 1. The van der Waals surface area contributed by atoms with Gasteiger partial charge in [0.25, 0.3) is 0 Å². The number of aromatic carboxylic acids is 1. The molecule has 0 atom stereocenters. The van der Waals surface area contributed by atoms with Gasteiger partial charge >= 0.3 is 5.97 Å². The maximum absolute atomic E-state index is 13.2. The molecule has 1 aromatic heterocycles. The molecule has 0 aliphatic rings. The maximum Gasteiger partial charge on any atom is 0.357 e. The molecule has 1 N–H and O–H groups in total. The van der Waals surface area contributed by atoms with Crippen LogP contribution in [0, 0.1) is 11.6 Å². The number of carboxylic acid groups (broad SMARTS) is 1. The summed E-state index contributed by atoms with van der Waals surface area (Å²) in [7, 11) is 1.39. The van der Waals surface area contributed by atoms with Crippen molar-refractivity contribution in [2.75, 3.05) is 7.11 Å². The third kappa shape index (κ3) is 3.43. The number of hydrogen-bond acceptors (Lipinski definition) is 3. The molecule has 0 aliphatic carbocycles. The van der Waals surface area contributed by atoms with E-state index in [0.717, 1.165) is 22.9 Å². The first-order chi connectivity index (χ1) is 10.4. The summed E-state index contributed by atoms with van der Waals surface area (Å²) in [4.78, 5) is 11.2. The Kier molecular flexibility index (Phi) is 4.77. The molecular formula is C14H11ClF2N2O3. The molecule has 0 saturated carbocycles. The van der Waals surface area contributed by atoms with Crippen LogP contribution in [0.2, 0.25) is 5.15 Å². The lowest BCUT2D eigenvalue weighted by Gasteiger charge is -2.04. The van der Waals surface area contributed by atoms with Crippen molar-refractivity contribution in [3.63, 3.8) is 0 Å². The zero-order valence-electron chi connectivity index (χ0n) is 11.4. The second kappa shape index (κ2) is 6.57. The van der Waals surface area contributed by atoms with E-state index >= 15 is 0 Å². The molecule has 1 aromatic carbocycles. The Morgan fingerprint density at radius 3 is 2.59 bits per heavy atom. The number of nitrogens with zero attached hydrogens (tertiary/aromatic N) is 2. The third-order valence-corrected chi connectivity index (χ3v) is 3.15. The van der Waals surface area contributed by atoms with Gasteiger partial charge in [0.1, 0.15) is 16.8 Å². The monoisotopic (exact) mass is 328 g/mol. The van der Waals surface area contributed by atoms with Gasteiger partial charge in [0, 0.05) is 11.6 Å². The molecule has 0 aliphatic heterocycles. The van der Waals surface area contributed by atoms with E-state index in [4.69, 9.17) is 21.4 Å². The fraction of sp³-hybridized carbons (Fsp3) is 0.143. The lowest BCUT2D eigenvalue weighted by atomic mass is 10.2. The molecule has 22 heavy (non-hydrogen) atoms. The molecule has 116 valence electrons. The summed E-state index contributed by atoms with van der Waals surface area (Å²) in [5.41, 5.74) is 0.129. The van der Waals surface area contributed by atoms with E-state index in [0.29, 0.717) is 0 Å². The minimum atomic E-state index is -1.28. The Labute approximate surface area is 129 Å². The lowest BCUT2D eigenvalue weighted by Crippen LogP contribution is -2.05. The Morgan fingerprint density at radius 2 is 2.05 bits per heavy atom. The van der Waals surface area contributed by atoms with Crippen molar-refractivity contribution in [2.45, 2.75) is 6.54 Å². The molecule has 0 radical (unpaired) electrons. The van der Waals surface area contributed by atoms with Gasteiger partial charge in [0.15, 0.2) is 5.69 Å². The van der Waals surface area contributed by atoms with Crippen LogP contribution in [0.5, 0.6) is 0 Å². The van der Waals surface area contributed by atoms with Gasteiger partial charge in [-0.3, -0.25) is 0 Å². The van der Waals surface area contributed by atoms with Crippen LogP contribution < -0.4 is 0 Å². The van der Waals surface area contributed by atoms with Gasteiger partial charge in [-0.05, 0) is 23.8 Å². The number of methoxy groups -OCH3 is 1. The average Bonchev–Trinajstić information content (AvgIpc) is 2.72. The number of aromatic nitrogens is 2. The molecule has 0 amide bonds. The summed E-state index contributed by atoms with van der Waals surface area (Å²) < 4.78 is 32.2. The molecule has 0 unspecified atom stereocenters. The Morgan fingerprint density at radius 1 is 1.41 bits per heavy atom. The number of carbonyl (C=O) groups is 1. The molecule has 2 aromatic rings. The minimum absolute atomic E-state index is 0.0235. The molecule has 1 heterocycles. The van der Waals surface area contributed by atoms with E-state index in [2.05, 4.69) is 5.10 Å². The number of hydrogen-bond donors (Lipinski definition) is 1. The fourth-order valence-electron chi connectivity index (χ4n) is 1.88. The molecule has 0 bridgehead atoms. The zero-order valence-corrected chi connectivity index (χ0v) is 12.1. The van der Waals surface area contributed by atoms with Gasteiger partial charge in [-0.1, -0.05) is 11.6 Å². The van der Waals surface area contributed by atoms with Gasteiger partial charge < -0.3 is 9.84 Å². The van der Waals surface area contributed by atoms with Crippen LogP contribution in [0.25, 0.3) is 6.08 Å². The number of halogens is 3. The summed E-state index contributed by atoms with van der Waals surface area (Å²) in [6, 6.07) is 2.97. The summed E-state index contributed by atoms with van der Waals surface area (Å²) in [6.45, 7) is -0.0748. The topological polar surface area (TPSA) is 64.3 Å². The van der Waals surface area contributed by atoms with E-state index in [1.54, 1.807) is 0 Å². The van der Waals surface area contributed by atoms with Crippen LogP contribution in [0.4, 0.5) is 8.78 Å². The highest BCUT2D eigenvalue weighted by atomic mass is 35.5. The van der Waals surface area contributed by atoms with Crippen molar-refractivity contribution in [1.82, 2.24) is 9.78 Å². The number of benzene rings is 1. The van der Waals surface area contributed by atoms with Crippen molar-refractivity contribution < 1.29 is 23.4 Å². The summed E-state index contributed by atoms with van der Waals surface area (Å²) >= 11 is 6.08. The van der Waals surface area contributed by atoms with Crippen LogP contribution in [0.1, 0.15) is 21.6 Å². The zero-order chi connectivity index (χ0) is 16.3. The molecule has 0 spiro atoms. The minimum Gasteiger partial charge on any atom is -0.504 e. The van der Waals surface area contributed by atoms with E-state index < -0.39 is 17.6 Å². The highest BCUT2D eigenvalue weighted by Gasteiger charge is 2.20. The number of rotatable bonds is 5. The Balaban J connectivity index is 2.43. The van der Waals surface area contributed by atoms with E-state index in [1.165, 1.54) is 19.4 Å². The second-order valence-corrected chi connectivity index (χ2v) is 4.69. The largest absolute Gasteiger partial charge is 0.504 e. The normalized spacial score (nSPS) is 11.1. The first-order valence-corrected chi connectivity index (χ1v) is 6.44. The van der Waals surface area contributed by atoms with Crippen molar-refractivity contribution in [2.24, 2.45) is 0 Å². The first-order valence-electron chi connectivity index (χ1n) is 6.06. The van der Waals surface area contributed by atoms with Crippen molar-refractivity contribution >= 4 is 23.6 Å². The molecule has 0 saturated heterocycles. The SMILES string of the molecule is COC=Cc1c(C(=O)O)nn(Cc2cc(F)cc(F)c2)c1Cl. The van der Waals surface area contributed by atoms with Crippen LogP contribution >= 0.6 is 11.6 Å². The Hall–Kier alpha value is -2.41. The second-order valence-electron chi connectivity index (χ2n) is 4.33. The predicted octanol–water partition coefficient (Wildman–Crippen LogP) is 3.18. The van der Waals surface area contributed by atoms with Gasteiger partial charge in [-0.25, -0.2) is 18.3 Å². The van der Waals surface area contributed by atoms with Gasteiger partial charge in [0.2, 0.25) is 0 Å². The predicted molar refractivity (Wildman–Crippen MR) is 75.7 cm³/mol. The highest BCUT2D eigenvalue weighted by molar-refractivity contribution is 6.31. The Bertz CT molecular complexity index is 724. The molecule has 5 nitrogen and oxygen atoms in total. The van der Waals surface area contributed by atoms with Crippen LogP contribution in [-0.2, 0) is 11.3 Å². The highest BCUT2D eigenvalue weighted by Crippen LogP contribution is 2.23. The van der Waals surface area contributed by atoms with Gasteiger partial charge in [-0.2, -0.15) is 5.10 Å². The van der Waals surface area contributed by atoms with E-state index in [-0.39, 0.29) is 28.5 Å². The van der Waals surface area contributed by atoms with E-state index in [9.17, 15) is 13.6 Å². The average molecular weight is 329 g/mol. The maximum atomic E-state index is 13.2. The third-order valence-electron chi connectivity index (χ3n) is 2.75. The first kappa shape index (κ1) is 16.0. The van der Waals surface area contributed by atoms with Crippen LogP contribution in [0.15, 0.2) is 24.5 Å². The van der Waals surface area contributed by atoms with Crippen molar-refractivity contribution in [3.8, 4) is 0 Å². The lowest BCUT2D eigenvalue weighted by molar-refractivity contribution is 0.0689. The van der Waals surface area contributed by atoms with Crippen molar-refractivity contribution in [3.05, 3.63) is 58.1 Å². The molecule has 8 heteroatoms. The van der Waals surface area contributed by atoms with Crippen molar-refractivity contribution in [1.29, 1.82) is 0 Å². The number of carboxylic acids is 1. The molecular weight excluding hydrogens is 318 g/mol. The van der Waals surface area contributed by atoms with Gasteiger partial charge in [-0.15, -0.1) is 0 Å². The smallest absolute Gasteiger partial charge is 0.357 e. The summed E-state index contributed by atoms with van der Waals surface area (Å²) in [6.07, 6.45) is 2.60.